The summed E-state index contributed by atoms with van der Waals surface area (Å²) in [5, 5.41) is 0. The molecule has 0 aromatic heterocycles. The largest absolute Gasteiger partial charge is 0.573 e. The first-order chi connectivity index (χ1) is 7.44. The van der Waals surface area contributed by atoms with Gasteiger partial charge in [0.05, 0.1) is 0 Å². The maximum atomic E-state index is 12.1. The fourth-order valence-electron chi connectivity index (χ4n) is 1.25. The van der Waals surface area contributed by atoms with E-state index in [1.54, 1.807) is 6.07 Å². The molecule has 1 aromatic carbocycles. The van der Waals surface area contributed by atoms with Gasteiger partial charge in [-0.25, -0.2) is 0 Å². The third-order valence-corrected chi connectivity index (χ3v) is 2.87. The zero-order chi connectivity index (χ0) is 12.2. The highest BCUT2D eigenvalue weighted by atomic mass is 79.9. The van der Waals surface area contributed by atoms with Gasteiger partial charge < -0.3 is 4.74 Å². The second-order valence-electron chi connectivity index (χ2n) is 3.06. The van der Waals surface area contributed by atoms with Crippen molar-refractivity contribution in [3.8, 4) is 5.75 Å². The minimum Gasteiger partial charge on any atom is -0.405 e. The number of hydrogen-bond acceptors (Lipinski definition) is 1. The molecule has 16 heavy (non-hydrogen) atoms. The van der Waals surface area contributed by atoms with Gasteiger partial charge in [0.25, 0.3) is 0 Å². The number of hydrogen-bond donors (Lipinski definition) is 0. The van der Waals surface area contributed by atoms with Gasteiger partial charge in [-0.1, -0.05) is 22.0 Å². The molecular formula is C10H9BrClF3O. The molecule has 0 radical (unpaired) electrons. The lowest BCUT2D eigenvalue weighted by Crippen LogP contribution is -2.18. The van der Waals surface area contributed by atoms with Crippen molar-refractivity contribution in [2.45, 2.75) is 19.2 Å². The van der Waals surface area contributed by atoms with Gasteiger partial charge in [-0.15, -0.1) is 24.8 Å². The van der Waals surface area contributed by atoms with E-state index in [1.165, 1.54) is 12.1 Å². The smallest absolute Gasteiger partial charge is 0.405 e. The third-order valence-electron chi connectivity index (χ3n) is 1.86. The van der Waals surface area contributed by atoms with E-state index in [2.05, 4.69) is 20.7 Å². The van der Waals surface area contributed by atoms with Gasteiger partial charge in [0.2, 0.25) is 0 Å². The van der Waals surface area contributed by atoms with Crippen molar-refractivity contribution in [3.63, 3.8) is 0 Å². The van der Waals surface area contributed by atoms with Crippen LogP contribution >= 0.6 is 27.5 Å². The summed E-state index contributed by atoms with van der Waals surface area (Å²) in [6.07, 6.45) is -3.63. The molecule has 0 amide bonds. The predicted octanol–water partition coefficient (Wildman–Crippen LogP) is 4.52. The van der Waals surface area contributed by atoms with Gasteiger partial charge in [0.15, 0.2) is 0 Å². The zero-order valence-electron chi connectivity index (χ0n) is 8.15. The van der Waals surface area contributed by atoms with Gasteiger partial charge in [-0.2, -0.15) is 0 Å². The van der Waals surface area contributed by atoms with Gasteiger partial charge in [-0.05, 0) is 25.0 Å². The highest BCUT2D eigenvalue weighted by Gasteiger charge is 2.32. The lowest BCUT2D eigenvalue weighted by molar-refractivity contribution is -0.274. The molecule has 90 valence electrons. The maximum Gasteiger partial charge on any atom is 0.573 e. The highest BCUT2D eigenvalue weighted by Crippen LogP contribution is 2.32. The molecule has 0 spiro atoms. The number of halogens is 5. The average molecular weight is 318 g/mol. The zero-order valence-corrected chi connectivity index (χ0v) is 10.5. The number of ether oxygens (including phenoxy) is 1. The van der Waals surface area contributed by atoms with E-state index in [4.69, 9.17) is 11.6 Å². The quantitative estimate of drug-likeness (QED) is 0.742. The molecule has 1 nitrogen and oxygen atoms in total. The molecule has 0 aliphatic carbocycles. The summed E-state index contributed by atoms with van der Waals surface area (Å²) in [5.74, 6) is 0.222. The Morgan fingerprint density at radius 3 is 2.56 bits per heavy atom. The summed E-state index contributed by atoms with van der Waals surface area (Å²) in [5.41, 5.74) is 0.487. The molecule has 0 heterocycles. The lowest BCUT2D eigenvalue weighted by atomic mass is 10.1. The van der Waals surface area contributed by atoms with Gasteiger partial charge in [0.1, 0.15) is 5.75 Å². The van der Waals surface area contributed by atoms with E-state index in [9.17, 15) is 13.2 Å². The number of alkyl halides is 4. The standard InChI is InChI=1S/C10H9BrClF3O/c11-8-4-1-5-9(16-10(13,14)15)7(8)3-2-6-12/h1,4-5H,2-3,6H2. The van der Waals surface area contributed by atoms with Crippen LogP contribution in [0.15, 0.2) is 22.7 Å². The average Bonchev–Trinajstić information content (AvgIpc) is 2.14. The van der Waals surface area contributed by atoms with Crippen LogP contribution in [0.1, 0.15) is 12.0 Å². The van der Waals surface area contributed by atoms with Crippen molar-refractivity contribution in [1.29, 1.82) is 0 Å². The fourth-order valence-corrected chi connectivity index (χ4v) is 1.93. The van der Waals surface area contributed by atoms with Crippen molar-refractivity contribution in [3.05, 3.63) is 28.2 Å². The molecule has 0 aliphatic heterocycles. The highest BCUT2D eigenvalue weighted by molar-refractivity contribution is 9.10. The van der Waals surface area contributed by atoms with Crippen LogP contribution in [0, 0.1) is 0 Å². The summed E-state index contributed by atoms with van der Waals surface area (Å²) >= 11 is 8.71. The topological polar surface area (TPSA) is 9.23 Å². The van der Waals surface area contributed by atoms with Crippen LogP contribution in [-0.4, -0.2) is 12.2 Å². The predicted molar refractivity (Wildman–Crippen MR) is 59.9 cm³/mol. The van der Waals surface area contributed by atoms with Crippen molar-refractivity contribution in [2.24, 2.45) is 0 Å². The van der Waals surface area contributed by atoms with Crippen LogP contribution in [0.4, 0.5) is 13.2 Å². The summed E-state index contributed by atoms with van der Waals surface area (Å²) < 4.78 is 40.9. The molecule has 0 fully saturated rings. The molecule has 0 bridgehead atoms. The van der Waals surface area contributed by atoms with Gasteiger partial charge >= 0.3 is 6.36 Å². The summed E-state index contributed by atoms with van der Waals surface area (Å²) in [7, 11) is 0. The molecule has 1 aromatic rings. The normalized spacial score (nSPS) is 11.6. The monoisotopic (exact) mass is 316 g/mol. The molecule has 0 atom stereocenters. The minimum absolute atomic E-state index is 0.174. The summed E-state index contributed by atoms with van der Waals surface area (Å²) in [4.78, 5) is 0. The van der Waals surface area contributed by atoms with E-state index >= 15 is 0 Å². The Labute approximate surface area is 105 Å². The van der Waals surface area contributed by atoms with E-state index in [0.29, 0.717) is 28.8 Å². The van der Waals surface area contributed by atoms with Crippen molar-refractivity contribution >= 4 is 27.5 Å². The fraction of sp³-hybridized carbons (Fsp3) is 0.400. The van der Waals surface area contributed by atoms with Gasteiger partial charge in [0, 0.05) is 15.9 Å². The van der Waals surface area contributed by atoms with Crippen LogP contribution in [0.25, 0.3) is 0 Å². The Kier molecular flexibility index (Phi) is 4.92. The molecule has 1 rings (SSSR count). The maximum absolute atomic E-state index is 12.1. The van der Waals surface area contributed by atoms with Crippen LogP contribution in [0.2, 0.25) is 0 Å². The van der Waals surface area contributed by atoms with E-state index < -0.39 is 6.36 Å². The molecule has 0 unspecified atom stereocenters. The van der Waals surface area contributed by atoms with Crippen LogP contribution in [-0.2, 0) is 6.42 Å². The summed E-state index contributed by atoms with van der Waals surface area (Å²) in [6.45, 7) is 0. The third kappa shape index (κ3) is 4.22. The Morgan fingerprint density at radius 2 is 2.00 bits per heavy atom. The summed E-state index contributed by atoms with van der Waals surface area (Å²) in [6, 6.07) is 4.46. The molecule has 0 N–H and O–H groups in total. The van der Waals surface area contributed by atoms with Crippen LogP contribution < -0.4 is 4.74 Å². The first-order valence-electron chi connectivity index (χ1n) is 4.53. The second-order valence-corrected chi connectivity index (χ2v) is 4.29. The molecular weight excluding hydrogens is 308 g/mol. The van der Waals surface area contributed by atoms with Gasteiger partial charge in [-0.3, -0.25) is 0 Å². The Hall–Kier alpha value is -0.420. The first kappa shape index (κ1) is 13.6. The molecule has 0 saturated heterocycles. The number of rotatable bonds is 4. The first-order valence-corrected chi connectivity index (χ1v) is 5.86. The van der Waals surface area contributed by atoms with E-state index in [-0.39, 0.29) is 5.75 Å². The molecule has 0 aliphatic rings. The van der Waals surface area contributed by atoms with E-state index in [0.717, 1.165) is 0 Å². The SMILES string of the molecule is FC(F)(F)Oc1cccc(Br)c1CCCCl. The number of benzene rings is 1. The lowest BCUT2D eigenvalue weighted by Gasteiger charge is -2.14. The minimum atomic E-state index is -4.67. The van der Waals surface area contributed by atoms with Crippen molar-refractivity contribution in [2.75, 3.05) is 5.88 Å². The van der Waals surface area contributed by atoms with Crippen LogP contribution in [0.5, 0.6) is 5.75 Å². The van der Waals surface area contributed by atoms with Crippen molar-refractivity contribution < 1.29 is 17.9 Å². The molecule has 6 heteroatoms. The van der Waals surface area contributed by atoms with Crippen molar-refractivity contribution in [1.82, 2.24) is 0 Å². The Balaban J connectivity index is 2.93. The molecule has 0 saturated carbocycles. The Morgan fingerprint density at radius 1 is 1.31 bits per heavy atom. The Bertz CT molecular complexity index is 354. The van der Waals surface area contributed by atoms with Crippen LogP contribution in [0.3, 0.4) is 0 Å². The van der Waals surface area contributed by atoms with E-state index in [1.807, 2.05) is 0 Å². The second kappa shape index (κ2) is 5.77.